The van der Waals surface area contributed by atoms with Gasteiger partial charge in [0.1, 0.15) is 11.6 Å². The number of aromatic nitrogens is 2. The zero-order chi connectivity index (χ0) is 11.4. The van der Waals surface area contributed by atoms with E-state index in [1.54, 1.807) is 13.3 Å². The predicted octanol–water partition coefficient (Wildman–Crippen LogP) is 3.14. The van der Waals surface area contributed by atoms with Gasteiger partial charge in [0.15, 0.2) is 5.82 Å². The first-order valence-electron chi connectivity index (χ1n) is 4.85. The molecule has 5 heteroatoms. The van der Waals surface area contributed by atoms with Gasteiger partial charge in [-0.3, -0.25) is 0 Å². The van der Waals surface area contributed by atoms with E-state index in [-0.39, 0.29) is 0 Å². The van der Waals surface area contributed by atoms with Crippen molar-refractivity contribution in [2.45, 2.75) is 6.92 Å². The minimum absolute atomic E-state index is 0.647. The average molecular weight is 216 g/mol. The molecular formula is C11H12N4O. The molecule has 0 saturated carbocycles. The molecule has 0 radical (unpaired) electrons. The largest absolute Gasteiger partial charge is 0.497 e. The molecule has 0 unspecified atom stereocenters. The zero-order valence-electron chi connectivity index (χ0n) is 9.14. The number of hydrogen-bond donors (Lipinski definition) is 1. The first-order valence-corrected chi connectivity index (χ1v) is 4.85. The number of benzene rings is 1. The lowest BCUT2D eigenvalue weighted by Gasteiger charge is -1.97. The Labute approximate surface area is 93.2 Å². The topological polar surface area (TPSA) is 62.6 Å². The van der Waals surface area contributed by atoms with Crippen molar-refractivity contribution in [3.8, 4) is 5.75 Å². The van der Waals surface area contributed by atoms with E-state index in [1.807, 2.05) is 31.2 Å². The van der Waals surface area contributed by atoms with Gasteiger partial charge in [0.05, 0.1) is 19.0 Å². The third-order valence-corrected chi connectivity index (χ3v) is 2.04. The first kappa shape index (κ1) is 10.4. The van der Waals surface area contributed by atoms with Gasteiger partial charge in [0, 0.05) is 0 Å². The molecule has 0 aliphatic heterocycles. The second-order valence-electron chi connectivity index (χ2n) is 3.25. The summed E-state index contributed by atoms with van der Waals surface area (Å²) in [5.41, 5.74) is 0.771. The van der Waals surface area contributed by atoms with Crippen molar-refractivity contribution >= 4 is 11.5 Å². The molecule has 0 spiro atoms. The maximum absolute atomic E-state index is 5.05. The fourth-order valence-electron chi connectivity index (χ4n) is 1.22. The van der Waals surface area contributed by atoms with E-state index >= 15 is 0 Å². The van der Waals surface area contributed by atoms with Crippen molar-refractivity contribution in [3.05, 3.63) is 36.3 Å². The summed E-state index contributed by atoms with van der Waals surface area (Å²) in [6.07, 6.45) is 1.64. The lowest BCUT2D eigenvalue weighted by molar-refractivity contribution is 0.415. The molecule has 1 heterocycles. The minimum Gasteiger partial charge on any atom is -0.497 e. The van der Waals surface area contributed by atoms with Crippen LogP contribution in [0.5, 0.6) is 5.75 Å². The van der Waals surface area contributed by atoms with Crippen LogP contribution in [-0.4, -0.2) is 17.1 Å². The quantitative estimate of drug-likeness (QED) is 0.801. The van der Waals surface area contributed by atoms with Gasteiger partial charge < -0.3 is 9.72 Å². The summed E-state index contributed by atoms with van der Waals surface area (Å²) in [5.74, 6) is 2.27. The maximum atomic E-state index is 5.05. The van der Waals surface area contributed by atoms with Gasteiger partial charge in [0.2, 0.25) is 0 Å². The summed E-state index contributed by atoms with van der Waals surface area (Å²) in [6, 6.07) is 7.36. The number of hydrogen-bond acceptors (Lipinski definition) is 4. The highest BCUT2D eigenvalue weighted by molar-refractivity contribution is 5.41. The predicted molar refractivity (Wildman–Crippen MR) is 60.5 cm³/mol. The Kier molecular flexibility index (Phi) is 2.95. The number of ether oxygens (including phenoxy) is 1. The Morgan fingerprint density at radius 1 is 1.19 bits per heavy atom. The smallest absolute Gasteiger partial charge is 0.172 e. The van der Waals surface area contributed by atoms with Crippen LogP contribution in [0.4, 0.5) is 11.5 Å². The number of aromatic amines is 1. The Balaban J connectivity index is 2.11. The molecule has 0 fully saturated rings. The molecule has 0 bridgehead atoms. The number of methoxy groups -OCH3 is 1. The van der Waals surface area contributed by atoms with Crippen molar-refractivity contribution in [2.75, 3.05) is 7.11 Å². The molecule has 1 N–H and O–H groups in total. The van der Waals surface area contributed by atoms with E-state index in [0.717, 1.165) is 17.3 Å². The summed E-state index contributed by atoms with van der Waals surface area (Å²) >= 11 is 0. The van der Waals surface area contributed by atoms with Crippen LogP contribution in [0.25, 0.3) is 0 Å². The number of nitrogens with one attached hydrogen (secondary N) is 1. The van der Waals surface area contributed by atoms with E-state index in [9.17, 15) is 0 Å². The standard InChI is InChI=1S/C11H12N4O/c1-8-12-7-11(13-8)15-14-9-3-5-10(16-2)6-4-9/h3-7H,1-2H3,(H,12,13). The van der Waals surface area contributed by atoms with Crippen LogP contribution in [0, 0.1) is 6.92 Å². The van der Waals surface area contributed by atoms with Crippen molar-refractivity contribution in [3.63, 3.8) is 0 Å². The van der Waals surface area contributed by atoms with Crippen LogP contribution in [0.15, 0.2) is 40.7 Å². The lowest BCUT2D eigenvalue weighted by atomic mass is 10.3. The molecule has 0 aliphatic rings. The molecule has 1 aromatic heterocycles. The highest BCUT2D eigenvalue weighted by Crippen LogP contribution is 2.19. The highest BCUT2D eigenvalue weighted by atomic mass is 16.5. The monoisotopic (exact) mass is 216 g/mol. The molecule has 1 aromatic carbocycles. The summed E-state index contributed by atoms with van der Waals surface area (Å²) in [6.45, 7) is 1.87. The van der Waals surface area contributed by atoms with E-state index < -0.39 is 0 Å². The minimum atomic E-state index is 0.647. The van der Waals surface area contributed by atoms with Gasteiger partial charge in [0.25, 0.3) is 0 Å². The van der Waals surface area contributed by atoms with Crippen molar-refractivity contribution in [1.82, 2.24) is 9.97 Å². The molecule has 82 valence electrons. The lowest BCUT2D eigenvalue weighted by Crippen LogP contribution is -1.79. The number of nitrogens with zero attached hydrogens (tertiary/aromatic N) is 3. The number of aryl methyl sites for hydroxylation is 1. The summed E-state index contributed by atoms with van der Waals surface area (Å²) in [7, 11) is 1.63. The summed E-state index contributed by atoms with van der Waals surface area (Å²) in [5, 5.41) is 8.08. The Morgan fingerprint density at radius 2 is 1.94 bits per heavy atom. The van der Waals surface area contributed by atoms with Crippen LogP contribution in [0.3, 0.4) is 0 Å². The number of rotatable bonds is 3. The molecule has 0 atom stereocenters. The third kappa shape index (κ3) is 2.44. The van der Waals surface area contributed by atoms with E-state index in [1.165, 1.54) is 0 Å². The number of imidazole rings is 1. The second-order valence-corrected chi connectivity index (χ2v) is 3.25. The number of azo groups is 1. The van der Waals surface area contributed by atoms with Crippen molar-refractivity contribution in [1.29, 1.82) is 0 Å². The normalized spacial score (nSPS) is 10.9. The molecule has 0 aliphatic carbocycles. The van der Waals surface area contributed by atoms with Gasteiger partial charge in [-0.05, 0) is 31.2 Å². The van der Waals surface area contributed by atoms with Crippen LogP contribution in [-0.2, 0) is 0 Å². The van der Waals surface area contributed by atoms with Crippen LogP contribution in [0.2, 0.25) is 0 Å². The molecule has 0 amide bonds. The maximum Gasteiger partial charge on any atom is 0.172 e. The molecule has 16 heavy (non-hydrogen) atoms. The molecule has 2 rings (SSSR count). The Bertz CT molecular complexity index is 487. The molecule has 0 saturated heterocycles. The average Bonchev–Trinajstić information content (AvgIpc) is 2.73. The van der Waals surface area contributed by atoms with E-state index in [4.69, 9.17) is 4.74 Å². The summed E-state index contributed by atoms with van der Waals surface area (Å²) < 4.78 is 5.05. The van der Waals surface area contributed by atoms with Gasteiger partial charge in [-0.1, -0.05) is 0 Å². The SMILES string of the molecule is COc1ccc(N=Nc2cnc(C)[nH]2)cc1. The van der Waals surface area contributed by atoms with Gasteiger partial charge in [-0.25, -0.2) is 4.98 Å². The fourth-order valence-corrected chi connectivity index (χ4v) is 1.22. The van der Waals surface area contributed by atoms with E-state index in [2.05, 4.69) is 20.2 Å². The first-order chi connectivity index (χ1) is 7.78. The zero-order valence-corrected chi connectivity index (χ0v) is 9.14. The van der Waals surface area contributed by atoms with E-state index in [0.29, 0.717) is 5.82 Å². The number of H-pyrrole nitrogens is 1. The fraction of sp³-hybridized carbons (Fsp3) is 0.182. The summed E-state index contributed by atoms with van der Waals surface area (Å²) in [4.78, 5) is 7.00. The van der Waals surface area contributed by atoms with Gasteiger partial charge in [-0.15, -0.1) is 10.2 Å². The van der Waals surface area contributed by atoms with Crippen LogP contribution < -0.4 is 4.74 Å². The molecular weight excluding hydrogens is 204 g/mol. The van der Waals surface area contributed by atoms with Crippen LogP contribution in [0.1, 0.15) is 5.82 Å². The molecule has 5 nitrogen and oxygen atoms in total. The Morgan fingerprint density at radius 3 is 2.50 bits per heavy atom. The highest BCUT2D eigenvalue weighted by Gasteiger charge is 1.94. The second kappa shape index (κ2) is 4.57. The van der Waals surface area contributed by atoms with Crippen molar-refractivity contribution < 1.29 is 4.74 Å². The van der Waals surface area contributed by atoms with Gasteiger partial charge in [-0.2, -0.15) is 0 Å². The van der Waals surface area contributed by atoms with Crippen molar-refractivity contribution in [2.24, 2.45) is 10.2 Å². The van der Waals surface area contributed by atoms with Gasteiger partial charge >= 0.3 is 0 Å². The third-order valence-electron chi connectivity index (χ3n) is 2.04. The van der Waals surface area contributed by atoms with Crippen LogP contribution >= 0.6 is 0 Å². The molecule has 2 aromatic rings. The Hall–Kier alpha value is -2.17.